The topological polar surface area (TPSA) is 9.23 Å². The molecule has 0 aromatic heterocycles. The second kappa shape index (κ2) is 12.0. The van der Waals surface area contributed by atoms with E-state index in [9.17, 15) is 26.3 Å². The molecule has 1 nitrogen and oxygen atoms in total. The van der Waals surface area contributed by atoms with Crippen LogP contribution in [-0.2, 0) is 0 Å². The van der Waals surface area contributed by atoms with E-state index < -0.39 is 24.2 Å². The van der Waals surface area contributed by atoms with Gasteiger partial charge in [0.15, 0.2) is 0 Å². The first kappa shape index (κ1) is 27.2. The average molecular weight is 493 g/mol. The van der Waals surface area contributed by atoms with Gasteiger partial charge in [0, 0.05) is 0 Å². The summed E-state index contributed by atoms with van der Waals surface area (Å²) in [6.07, 6.45) is 1.47. The number of benzene rings is 1. The van der Waals surface area contributed by atoms with Crippen LogP contribution in [0.1, 0.15) is 102 Å². The van der Waals surface area contributed by atoms with Crippen molar-refractivity contribution >= 4 is 0 Å². The van der Waals surface area contributed by atoms with Crippen molar-refractivity contribution in [1.82, 2.24) is 0 Å². The molecule has 194 valence electrons. The molecular weight excluding hydrogens is 454 g/mol. The summed E-state index contributed by atoms with van der Waals surface area (Å²) < 4.78 is 80.9. The van der Waals surface area contributed by atoms with Gasteiger partial charge >= 0.3 is 12.3 Å². The fourth-order valence-electron chi connectivity index (χ4n) is 5.94. The van der Waals surface area contributed by atoms with E-state index in [0.29, 0.717) is 5.92 Å². The molecule has 0 spiro atoms. The van der Waals surface area contributed by atoms with E-state index in [0.717, 1.165) is 49.0 Å². The van der Waals surface area contributed by atoms with E-state index in [-0.39, 0.29) is 0 Å². The zero-order chi connectivity index (χ0) is 24.8. The third kappa shape index (κ3) is 7.55. The highest BCUT2D eigenvalue weighted by Crippen LogP contribution is 2.45. The van der Waals surface area contributed by atoms with Crippen LogP contribution >= 0.6 is 0 Å². The summed E-state index contributed by atoms with van der Waals surface area (Å²) in [5.41, 5.74) is 0.970. The highest BCUT2D eigenvalue weighted by molar-refractivity contribution is 5.30. The third-order valence-corrected chi connectivity index (χ3v) is 7.98. The minimum absolute atomic E-state index is 0.310. The van der Waals surface area contributed by atoms with Crippen LogP contribution in [0, 0.1) is 17.8 Å². The van der Waals surface area contributed by atoms with Gasteiger partial charge in [0.05, 0.1) is 0 Å². The summed E-state index contributed by atoms with van der Waals surface area (Å²) in [6, 6.07) is 5.64. The van der Waals surface area contributed by atoms with Crippen molar-refractivity contribution in [2.24, 2.45) is 17.8 Å². The molecule has 3 rings (SSSR count). The molecule has 2 saturated carbocycles. The van der Waals surface area contributed by atoms with E-state index in [4.69, 9.17) is 0 Å². The second-order valence-corrected chi connectivity index (χ2v) is 10.4. The number of alkyl halides is 6. The maximum atomic E-state index is 13.5. The predicted molar refractivity (Wildman–Crippen MR) is 122 cm³/mol. The Labute approximate surface area is 199 Å². The van der Waals surface area contributed by atoms with Crippen molar-refractivity contribution in [3.8, 4) is 5.75 Å². The molecule has 7 heteroatoms. The number of unbranched alkanes of at least 4 members (excludes halogenated alkanes) is 3. The maximum Gasteiger partial charge on any atom is 0.439 e. The molecule has 0 aliphatic heterocycles. The van der Waals surface area contributed by atoms with Crippen molar-refractivity contribution in [2.45, 2.75) is 115 Å². The SMILES string of the molecule is CCCCCCC1CCC(C2CCC(c3ccc(OC(F)(F)C(F)C(F)(F)F)cc3)CC2)CC1. The Morgan fingerprint density at radius 1 is 0.794 bits per heavy atom. The largest absolute Gasteiger partial charge is 0.439 e. The molecule has 0 heterocycles. The van der Waals surface area contributed by atoms with Crippen molar-refractivity contribution < 1.29 is 31.1 Å². The maximum absolute atomic E-state index is 13.5. The Morgan fingerprint density at radius 2 is 1.35 bits per heavy atom. The molecule has 2 aliphatic carbocycles. The quantitative estimate of drug-likeness (QED) is 0.233. The average Bonchev–Trinajstić information content (AvgIpc) is 2.82. The molecule has 1 unspecified atom stereocenters. The lowest BCUT2D eigenvalue weighted by atomic mass is 9.68. The second-order valence-electron chi connectivity index (χ2n) is 10.4. The highest BCUT2D eigenvalue weighted by atomic mass is 19.4. The minimum Gasteiger partial charge on any atom is -0.430 e. The van der Waals surface area contributed by atoms with E-state index in [1.807, 2.05) is 0 Å². The van der Waals surface area contributed by atoms with E-state index in [1.54, 1.807) is 12.1 Å². The van der Waals surface area contributed by atoms with Crippen molar-refractivity contribution in [3.05, 3.63) is 29.8 Å². The Hall–Kier alpha value is -1.40. The number of halogens is 6. The molecular formula is C27H38F6O. The Balaban J connectivity index is 1.42. The molecule has 1 atom stereocenters. The lowest BCUT2D eigenvalue weighted by Crippen LogP contribution is -2.45. The van der Waals surface area contributed by atoms with Crippen LogP contribution < -0.4 is 4.74 Å². The molecule has 1 aromatic rings. The molecule has 2 aliphatic rings. The number of hydrogen-bond acceptors (Lipinski definition) is 1. The monoisotopic (exact) mass is 492 g/mol. The summed E-state index contributed by atoms with van der Waals surface area (Å²) in [5, 5.41) is 0. The normalized spacial score (nSPS) is 27.4. The molecule has 0 N–H and O–H groups in total. The summed E-state index contributed by atoms with van der Waals surface area (Å²) in [6.45, 7) is 2.25. The first-order chi connectivity index (χ1) is 16.1. The van der Waals surface area contributed by atoms with Crippen molar-refractivity contribution in [1.29, 1.82) is 0 Å². The lowest BCUT2D eigenvalue weighted by Gasteiger charge is -2.38. The van der Waals surface area contributed by atoms with Gasteiger partial charge in [-0.05, 0) is 79.9 Å². The molecule has 34 heavy (non-hydrogen) atoms. The molecule has 2 fully saturated rings. The van der Waals surface area contributed by atoms with Crippen LogP contribution in [0.3, 0.4) is 0 Å². The van der Waals surface area contributed by atoms with Crippen LogP contribution in [0.25, 0.3) is 0 Å². The number of ether oxygens (including phenoxy) is 1. The summed E-state index contributed by atoms with van der Waals surface area (Å²) in [4.78, 5) is 0. The van der Waals surface area contributed by atoms with E-state index in [1.165, 1.54) is 69.9 Å². The van der Waals surface area contributed by atoms with Gasteiger partial charge in [-0.25, -0.2) is 4.39 Å². The first-order valence-corrected chi connectivity index (χ1v) is 13.0. The molecule has 0 amide bonds. The first-order valence-electron chi connectivity index (χ1n) is 13.0. The Morgan fingerprint density at radius 3 is 1.88 bits per heavy atom. The van der Waals surface area contributed by atoms with Gasteiger partial charge in [-0.3, -0.25) is 0 Å². The zero-order valence-electron chi connectivity index (χ0n) is 20.1. The van der Waals surface area contributed by atoms with Gasteiger partial charge < -0.3 is 4.74 Å². The standard InChI is InChI=1S/C27H38F6O/c1-2-3-4-5-6-19-7-9-20(10-8-19)21-11-13-22(14-12-21)23-15-17-24(18-16-23)34-27(32,33)25(28)26(29,30)31/h15-22,25H,2-14H2,1H3. The molecule has 0 saturated heterocycles. The van der Waals surface area contributed by atoms with Crippen LogP contribution in [0.4, 0.5) is 26.3 Å². The Kier molecular flexibility index (Phi) is 9.62. The van der Waals surface area contributed by atoms with E-state index >= 15 is 0 Å². The number of hydrogen-bond donors (Lipinski definition) is 0. The predicted octanol–water partition coefficient (Wildman–Crippen LogP) is 9.61. The third-order valence-electron chi connectivity index (χ3n) is 7.98. The fourth-order valence-corrected chi connectivity index (χ4v) is 5.94. The van der Waals surface area contributed by atoms with Gasteiger partial charge in [-0.1, -0.05) is 64.0 Å². The molecule has 0 radical (unpaired) electrons. The van der Waals surface area contributed by atoms with Gasteiger partial charge in [-0.2, -0.15) is 22.0 Å². The number of rotatable bonds is 10. The van der Waals surface area contributed by atoms with Crippen molar-refractivity contribution in [2.75, 3.05) is 0 Å². The zero-order valence-corrected chi connectivity index (χ0v) is 20.1. The summed E-state index contributed by atoms with van der Waals surface area (Å²) in [7, 11) is 0. The molecule has 0 bridgehead atoms. The van der Waals surface area contributed by atoms with Crippen LogP contribution in [0.5, 0.6) is 5.75 Å². The highest BCUT2D eigenvalue weighted by Gasteiger charge is 2.59. The lowest BCUT2D eigenvalue weighted by molar-refractivity contribution is -0.304. The van der Waals surface area contributed by atoms with Gasteiger partial charge in [0.1, 0.15) is 5.75 Å². The fraction of sp³-hybridized carbons (Fsp3) is 0.778. The van der Waals surface area contributed by atoms with Crippen LogP contribution in [0.2, 0.25) is 0 Å². The van der Waals surface area contributed by atoms with Gasteiger partial charge in [-0.15, -0.1) is 0 Å². The molecule has 1 aromatic carbocycles. The Bertz CT molecular complexity index is 716. The van der Waals surface area contributed by atoms with Gasteiger partial charge in [0.25, 0.3) is 6.17 Å². The summed E-state index contributed by atoms with van der Waals surface area (Å²) in [5.74, 6) is 2.31. The summed E-state index contributed by atoms with van der Waals surface area (Å²) >= 11 is 0. The van der Waals surface area contributed by atoms with Crippen LogP contribution in [-0.4, -0.2) is 18.5 Å². The van der Waals surface area contributed by atoms with Crippen LogP contribution in [0.15, 0.2) is 24.3 Å². The van der Waals surface area contributed by atoms with E-state index in [2.05, 4.69) is 11.7 Å². The van der Waals surface area contributed by atoms with Crippen molar-refractivity contribution in [3.63, 3.8) is 0 Å². The minimum atomic E-state index is -5.68. The van der Waals surface area contributed by atoms with Gasteiger partial charge in [0.2, 0.25) is 0 Å². The smallest absolute Gasteiger partial charge is 0.430 e.